The minimum atomic E-state index is -0.883. The third-order valence-electron chi connectivity index (χ3n) is 9.17. The van der Waals surface area contributed by atoms with Gasteiger partial charge < -0.3 is 23.8 Å². The number of likely N-dealkylation sites (N-methyl/N-ethyl adjacent to an activating group) is 1. The summed E-state index contributed by atoms with van der Waals surface area (Å²) >= 11 is 0. The van der Waals surface area contributed by atoms with Gasteiger partial charge in [-0.25, -0.2) is 4.79 Å². The number of aliphatic carboxylic acids is 1. The summed E-state index contributed by atoms with van der Waals surface area (Å²) in [5, 5.41) is 9.59. The van der Waals surface area contributed by atoms with E-state index in [1.807, 2.05) is 21.1 Å². The number of unbranched alkanes of at least 4 members (excludes halogenated alkanes) is 13. The molecule has 0 spiro atoms. The molecule has 0 aromatic heterocycles. The first-order chi connectivity index (χ1) is 26.1. The fourth-order valence-corrected chi connectivity index (χ4v) is 5.81. The van der Waals surface area contributed by atoms with Crippen LogP contribution in [-0.2, 0) is 28.6 Å². The van der Waals surface area contributed by atoms with Crippen molar-refractivity contribution >= 4 is 17.9 Å². The largest absolute Gasteiger partial charge is 0.477 e. The SMILES string of the molecule is CCCCC/C=C/C/C=C/C/C=C/C/C=C/C/C=C/CCCCC(=O)OCC(COCCC(C(=O)O)[N+](C)(C)C)OC(=O)CCCCCCCCCCC. The van der Waals surface area contributed by atoms with Crippen LogP contribution in [0.15, 0.2) is 60.8 Å². The Morgan fingerprint density at radius 3 is 1.48 bits per heavy atom. The summed E-state index contributed by atoms with van der Waals surface area (Å²) in [5.74, 6) is -1.53. The quantitative estimate of drug-likeness (QED) is 0.0291. The molecule has 0 aliphatic heterocycles. The molecule has 0 fully saturated rings. The van der Waals surface area contributed by atoms with Crippen molar-refractivity contribution in [1.82, 2.24) is 0 Å². The van der Waals surface area contributed by atoms with Crippen LogP contribution in [0, 0.1) is 0 Å². The molecule has 0 heterocycles. The molecule has 0 amide bonds. The van der Waals surface area contributed by atoms with Gasteiger partial charge in [-0.2, -0.15) is 0 Å². The molecule has 8 heteroatoms. The van der Waals surface area contributed by atoms with Crippen LogP contribution in [0.4, 0.5) is 0 Å². The van der Waals surface area contributed by atoms with Crippen molar-refractivity contribution in [3.63, 3.8) is 0 Å². The molecule has 0 aromatic carbocycles. The van der Waals surface area contributed by atoms with Crippen molar-refractivity contribution in [2.24, 2.45) is 0 Å². The van der Waals surface area contributed by atoms with E-state index in [2.05, 4.69) is 74.6 Å². The molecular formula is C46H80NO7+. The Morgan fingerprint density at radius 2 is 0.981 bits per heavy atom. The first-order valence-corrected chi connectivity index (χ1v) is 21.3. The molecule has 2 unspecified atom stereocenters. The van der Waals surface area contributed by atoms with Gasteiger partial charge in [-0.05, 0) is 64.2 Å². The maximum absolute atomic E-state index is 12.6. The van der Waals surface area contributed by atoms with Crippen molar-refractivity contribution in [3.05, 3.63) is 60.8 Å². The number of quaternary nitrogens is 1. The number of hydrogen-bond donors (Lipinski definition) is 1. The minimum Gasteiger partial charge on any atom is -0.477 e. The lowest BCUT2D eigenvalue weighted by molar-refractivity contribution is -0.887. The molecule has 310 valence electrons. The summed E-state index contributed by atoms with van der Waals surface area (Å²) in [6, 6.07) is -0.621. The van der Waals surface area contributed by atoms with Crippen molar-refractivity contribution < 1.29 is 38.2 Å². The maximum atomic E-state index is 12.6. The van der Waals surface area contributed by atoms with Gasteiger partial charge in [-0.15, -0.1) is 0 Å². The second kappa shape index (κ2) is 37.0. The highest BCUT2D eigenvalue weighted by Crippen LogP contribution is 2.13. The zero-order valence-electron chi connectivity index (χ0n) is 35.2. The fraction of sp³-hybridized carbons (Fsp3) is 0.717. The van der Waals surface area contributed by atoms with E-state index in [1.54, 1.807) is 0 Å². The molecule has 54 heavy (non-hydrogen) atoms. The van der Waals surface area contributed by atoms with Gasteiger partial charge >= 0.3 is 17.9 Å². The van der Waals surface area contributed by atoms with E-state index < -0.39 is 18.1 Å². The zero-order chi connectivity index (χ0) is 40.0. The predicted molar refractivity (Wildman–Crippen MR) is 224 cm³/mol. The number of allylic oxidation sites excluding steroid dienone is 10. The average Bonchev–Trinajstić information content (AvgIpc) is 3.12. The number of esters is 2. The number of ether oxygens (including phenoxy) is 3. The number of carbonyl (C=O) groups excluding carboxylic acids is 2. The molecule has 0 aliphatic rings. The van der Waals surface area contributed by atoms with Crippen LogP contribution in [0.3, 0.4) is 0 Å². The van der Waals surface area contributed by atoms with E-state index in [4.69, 9.17) is 14.2 Å². The zero-order valence-corrected chi connectivity index (χ0v) is 35.2. The number of carbonyl (C=O) groups is 3. The first-order valence-electron chi connectivity index (χ1n) is 21.3. The predicted octanol–water partition coefficient (Wildman–Crippen LogP) is 11.4. The molecule has 8 nitrogen and oxygen atoms in total. The minimum absolute atomic E-state index is 0.0461. The number of hydrogen-bond acceptors (Lipinski definition) is 6. The standard InChI is InChI=1S/C46H79NO7/c1-6-8-10-12-14-16-17-18-19-20-21-22-23-24-25-26-27-29-30-32-34-36-44(48)53-41-42(40-52-39-38-43(46(50)51)47(3,4)5)54-45(49)37-35-33-31-28-15-13-11-9-7-2/h14,16,18-19,21-22,24-25,27,29,42-43H,6-13,15,17,20,23,26,28,30-41H2,1-5H3/p+1/b16-14+,19-18+,22-21+,25-24+,29-27+. The van der Waals surface area contributed by atoms with E-state index in [-0.39, 0.29) is 36.2 Å². The summed E-state index contributed by atoms with van der Waals surface area (Å²) in [6.07, 6.45) is 44.1. The van der Waals surface area contributed by atoms with Gasteiger partial charge in [0.05, 0.1) is 34.4 Å². The third kappa shape index (κ3) is 34.8. The van der Waals surface area contributed by atoms with Gasteiger partial charge in [0.2, 0.25) is 0 Å². The lowest BCUT2D eigenvalue weighted by Gasteiger charge is -2.31. The van der Waals surface area contributed by atoms with Crippen LogP contribution in [-0.4, -0.2) is 80.6 Å². The summed E-state index contributed by atoms with van der Waals surface area (Å²) in [6.45, 7) is 4.62. The molecule has 0 aromatic rings. The van der Waals surface area contributed by atoms with Crippen LogP contribution < -0.4 is 0 Å². The van der Waals surface area contributed by atoms with Crippen molar-refractivity contribution in [2.45, 2.75) is 174 Å². The van der Waals surface area contributed by atoms with Crippen LogP contribution >= 0.6 is 0 Å². The Labute approximate surface area is 330 Å². The second-order valence-corrected chi connectivity index (χ2v) is 15.2. The van der Waals surface area contributed by atoms with Gasteiger partial charge in [0.1, 0.15) is 6.61 Å². The van der Waals surface area contributed by atoms with Crippen molar-refractivity contribution in [3.8, 4) is 0 Å². The summed E-state index contributed by atoms with van der Waals surface area (Å²) in [4.78, 5) is 36.8. The van der Waals surface area contributed by atoms with Gasteiger partial charge in [0.25, 0.3) is 0 Å². The number of carboxylic acid groups (broad SMARTS) is 1. The van der Waals surface area contributed by atoms with Gasteiger partial charge in [0, 0.05) is 19.3 Å². The molecule has 0 radical (unpaired) electrons. The molecular weight excluding hydrogens is 679 g/mol. The molecule has 0 aliphatic carbocycles. The monoisotopic (exact) mass is 759 g/mol. The van der Waals surface area contributed by atoms with E-state index in [1.165, 1.54) is 64.2 Å². The lowest BCUT2D eigenvalue weighted by Crippen LogP contribution is -2.50. The maximum Gasteiger partial charge on any atom is 0.362 e. The van der Waals surface area contributed by atoms with Gasteiger partial charge in [-0.3, -0.25) is 9.59 Å². The first kappa shape index (κ1) is 51.0. The number of carboxylic acids is 1. The van der Waals surface area contributed by atoms with E-state index in [9.17, 15) is 19.5 Å². The van der Waals surface area contributed by atoms with E-state index in [0.717, 1.165) is 57.8 Å². The summed E-state index contributed by atoms with van der Waals surface area (Å²) in [7, 11) is 5.50. The molecule has 0 rings (SSSR count). The van der Waals surface area contributed by atoms with Gasteiger partial charge in [-0.1, -0.05) is 139 Å². The highest BCUT2D eigenvalue weighted by Gasteiger charge is 2.31. The number of nitrogens with zero attached hydrogens (tertiary/aromatic N) is 1. The average molecular weight is 759 g/mol. The van der Waals surface area contributed by atoms with Crippen LogP contribution in [0.25, 0.3) is 0 Å². The van der Waals surface area contributed by atoms with Crippen LogP contribution in [0.1, 0.15) is 162 Å². The Balaban J connectivity index is 4.38. The van der Waals surface area contributed by atoms with Crippen molar-refractivity contribution in [2.75, 3.05) is 41.0 Å². The third-order valence-corrected chi connectivity index (χ3v) is 9.17. The topological polar surface area (TPSA) is 99.1 Å². The molecule has 0 bridgehead atoms. The molecule has 2 atom stereocenters. The van der Waals surface area contributed by atoms with Crippen LogP contribution in [0.5, 0.6) is 0 Å². The summed E-state index contributed by atoms with van der Waals surface area (Å²) < 4.78 is 17.2. The Bertz CT molecular complexity index is 1070. The van der Waals surface area contributed by atoms with Gasteiger partial charge in [0.15, 0.2) is 12.1 Å². The highest BCUT2D eigenvalue weighted by atomic mass is 16.6. The highest BCUT2D eigenvalue weighted by molar-refractivity contribution is 5.72. The molecule has 0 saturated carbocycles. The lowest BCUT2D eigenvalue weighted by atomic mass is 10.1. The Hall–Kier alpha value is -2.97. The Kier molecular flexibility index (Phi) is 34.9. The smallest absolute Gasteiger partial charge is 0.362 e. The molecule has 1 N–H and O–H groups in total. The summed E-state index contributed by atoms with van der Waals surface area (Å²) in [5.41, 5.74) is 0. The molecule has 0 saturated heterocycles. The van der Waals surface area contributed by atoms with E-state index in [0.29, 0.717) is 25.7 Å². The number of rotatable bonds is 37. The van der Waals surface area contributed by atoms with E-state index >= 15 is 0 Å². The second-order valence-electron chi connectivity index (χ2n) is 15.2. The normalized spacial score (nSPS) is 13.6. The fourth-order valence-electron chi connectivity index (χ4n) is 5.81. The van der Waals surface area contributed by atoms with Crippen LogP contribution in [0.2, 0.25) is 0 Å². The Morgan fingerprint density at radius 1 is 0.556 bits per heavy atom. The van der Waals surface area contributed by atoms with Crippen molar-refractivity contribution in [1.29, 1.82) is 0 Å².